The molecule has 4 aromatic rings. The van der Waals surface area contributed by atoms with Crippen LogP contribution in [0.1, 0.15) is 52.0 Å². The molecule has 5 heteroatoms. The van der Waals surface area contributed by atoms with Gasteiger partial charge in [-0.3, -0.25) is 0 Å². The zero-order valence-corrected chi connectivity index (χ0v) is 22.5. The fourth-order valence-electron chi connectivity index (χ4n) is 5.71. The predicted octanol–water partition coefficient (Wildman–Crippen LogP) is 7.71. The number of carbonyl (C=O) groups excluding carboxylic acids is 1. The first-order valence-electron chi connectivity index (χ1n) is 13.1. The third-order valence-corrected chi connectivity index (χ3v) is 7.42. The number of aryl methyl sites for hydroxylation is 2. The minimum atomic E-state index is -1.09. The van der Waals surface area contributed by atoms with Gasteiger partial charge in [0, 0.05) is 53.4 Å². The van der Waals surface area contributed by atoms with Gasteiger partial charge in [0.05, 0.1) is 5.56 Å². The first kappa shape index (κ1) is 24.1. The van der Waals surface area contributed by atoms with Gasteiger partial charge in [-0.25, -0.2) is 4.79 Å². The normalized spacial score (nSPS) is 16.9. The second-order valence-electron chi connectivity index (χ2n) is 10.8. The summed E-state index contributed by atoms with van der Waals surface area (Å²) in [5.41, 5.74) is 7.18. The molecule has 1 atom stereocenters. The number of nitrogens with zero attached hydrogens (tertiary/aromatic N) is 1. The van der Waals surface area contributed by atoms with E-state index in [-0.39, 0.29) is 5.97 Å². The third kappa shape index (κ3) is 3.81. The van der Waals surface area contributed by atoms with E-state index in [0.29, 0.717) is 23.0 Å². The fraction of sp³-hybridized carbons (Fsp3) is 0.242. The molecule has 0 amide bonds. The minimum Gasteiger partial charge on any atom is -0.456 e. The Bertz CT molecular complexity index is 1570. The molecule has 0 aromatic heterocycles. The lowest BCUT2D eigenvalue weighted by atomic mass is 9.77. The summed E-state index contributed by atoms with van der Waals surface area (Å²) < 4.78 is 13.0. The Morgan fingerprint density at radius 2 is 1.66 bits per heavy atom. The Hall–Kier alpha value is -4.25. The third-order valence-electron chi connectivity index (χ3n) is 7.42. The molecule has 5 nitrogen and oxygen atoms in total. The summed E-state index contributed by atoms with van der Waals surface area (Å²) in [5.74, 6) is 1.59. The smallest absolute Gasteiger partial charge is 0.340 e. The standard InChI is InChI=1S/C33H32N2O3/c1-20(2)19-35(5)24-13-14-27-31(17-24)37-30-16-22(4)29(34-23-10-8-9-21(3)15-23)18-28(30)33(27)26-12-7-6-11-25(26)32(36)38-33/h6-18,20,34H,19H2,1-5H3. The molecule has 0 radical (unpaired) electrons. The molecule has 2 heterocycles. The van der Waals surface area contributed by atoms with Gasteiger partial charge in [0.15, 0.2) is 5.60 Å². The maximum Gasteiger partial charge on any atom is 0.340 e. The highest BCUT2D eigenvalue weighted by Gasteiger charge is 2.53. The number of anilines is 3. The summed E-state index contributed by atoms with van der Waals surface area (Å²) in [6, 6.07) is 26.3. The molecule has 1 unspecified atom stereocenters. The van der Waals surface area contributed by atoms with E-state index in [4.69, 9.17) is 9.47 Å². The molecule has 0 saturated heterocycles. The maximum atomic E-state index is 13.2. The number of benzene rings is 4. The van der Waals surface area contributed by atoms with E-state index in [0.717, 1.165) is 45.9 Å². The molecule has 192 valence electrons. The Labute approximate surface area is 224 Å². The Morgan fingerprint density at radius 3 is 2.45 bits per heavy atom. The Balaban J connectivity index is 1.55. The lowest BCUT2D eigenvalue weighted by Crippen LogP contribution is -2.33. The van der Waals surface area contributed by atoms with Crippen LogP contribution in [0.2, 0.25) is 0 Å². The topological polar surface area (TPSA) is 50.8 Å². The summed E-state index contributed by atoms with van der Waals surface area (Å²) in [4.78, 5) is 15.5. The van der Waals surface area contributed by atoms with E-state index in [1.807, 2.05) is 48.5 Å². The van der Waals surface area contributed by atoms with Gasteiger partial charge in [-0.2, -0.15) is 0 Å². The van der Waals surface area contributed by atoms with E-state index in [1.165, 1.54) is 5.56 Å². The van der Waals surface area contributed by atoms with Gasteiger partial charge < -0.3 is 19.7 Å². The molecule has 0 aliphatic carbocycles. The van der Waals surface area contributed by atoms with Crippen LogP contribution in [-0.2, 0) is 10.3 Å². The van der Waals surface area contributed by atoms with Crippen LogP contribution in [0.15, 0.2) is 78.9 Å². The lowest BCUT2D eigenvalue weighted by Gasteiger charge is -2.37. The van der Waals surface area contributed by atoms with Crippen LogP contribution in [0.3, 0.4) is 0 Å². The van der Waals surface area contributed by atoms with Crippen LogP contribution in [0.4, 0.5) is 17.1 Å². The van der Waals surface area contributed by atoms with Crippen molar-refractivity contribution in [1.82, 2.24) is 0 Å². The monoisotopic (exact) mass is 504 g/mol. The predicted molar refractivity (Wildman–Crippen MR) is 152 cm³/mol. The highest BCUT2D eigenvalue weighted by molar-refractivity contribution is 5.97. The van der Waals surface area contributed by atoms with Crippen molar-refractivity contribution in [1.29, 1.82) is 0 Å². The van der Waals surface area contributed by atoms with Gasteiger partial charge in [0.1, 0.15) is 11.5 Å². The van der Waals surface area contributed by atoms with Gasteiger partial charge in [0.25, 0.3) is 0 Å². The Morgan fingerprint density at radius 1 is 0.868 bits per heavy atom. The van der Waals surface area contributed by atoms with Crippen LogP contribution >= 0.6 is 0 Å². The number of fused-ring (bicyclic) bond motifs is 6. The van der Waals surface area contributed by atoms with Gasteiger partial charge in [0.2, 0.25) is 0 Å². The molecule has 1 N–H and O–H groups in total. The highest BCUT2D eigenvalue weighted by atomic mass is 16.6. The average molecular weight is 505 g/mol. The first-order chi connectivity index (χ1) is 18.3. The van der Waals surface area contributed by atoms with Crippen molar-refractivity contribution in [2.24, 2.45) is 5.92 Å². The Kier molecular flexibility index (Phi) is 5.68. The van der Waals surface area contributed by atoms with E-state index in [1.54, 1.807) is 0 Å². The van der Waals surface area contributed by atoms with Crippen molar-refractivity contribution in [3.8, 4) is 11.5 Å². The molecule has 0 saturated carbocycles. The number of nitrogens with one attached hydrogen (secondary N) is 1. The summed E-state index contributed by atoms with van der Waals surface area (Å²) in [7, 11) is 2.09. The van der Waals surface area contributed by atoms with Crippen molar-refractivity contribution in [2.45, 2.75) is 33.3 Å². The summed E-state index contributed by atoms with van der Waals surface area (Å²) in [5, 5.41) is 3.57. The van der Waals surface area contributed by atoms with Crippen molar-refractivity contribution in [3.05, 3.63) is 112 Å². The molecule has 0 fully saturated rings. The molecular formula is C33H32N2O3. The minimum absolute atomic E-state index is 0.325. The van der Waals surface area contributed by atoms with E-state index >= 15 is 0 Å². The number of esters is 1. The van der Waals surface area contributed by atoms with E-state index in [2.05, 4.69) is 75.3 Å². The second-order valence-corrected chi connectivity index (χ2v) is 10.8. The van der Waals surface area contributed by atoms with Crippen molar-refractivity contribution < 1.29 is 14.3 Å². The van der Waals surface area contributed by atoms with Crippen molar-refractivity contribution >= 4 is 23.0 Å². The first-order valence-corrected chi connectivity index (χ1v) is 13.1. The molecule has 0 bridgehead atoms. The number of hydrogen-bond donors (Lipinski definition) is 1. The van der Waals surface area contributed by atoms with Crippen molar-refractivity contribution in [2.75, 3.05) is 23.8 Å². The van der Waals surface area contributed by atoms with Crippen molar-refractivity contribution in [3.63, 3.8) is 0 Å². The summed E-state index contributed by atoms with van der Waals surface area (Å²) >= 11 is 0. The maximum absolute atomic E-state index is 13.2. The summed E-state index contributed by atoms with van der Waals surface area (Å²) in [6.45, 7) is 9.47. The number of rotatable bonds is 5. The van der Waals surface area contributed by atoms with E-state index < -0.39 is 5.60 Å². The number of hydrogen-bond acceptors (Lipinski definition) is 5. The second kappa shape index (κ2) is 8.95. The van der Waals surface area contributed by atoms with Crippen LogP contribution in [0.5, 0.6) is 11.5 Å². The molecule has 2 aliphatic rings. The van der Waals surface area contributed by atoms with Crippen LogP contribution < -0.4 is 15.0 Å². The molecule has 1 spiro atoms. The lowest BCUT2D eigenvalue weighted by molar-refractivity contribution is 0.0224. The van der Waals surface area contributed by atoms with Crippen LogP contribution in [0, 0.1) is 19.8 Å². The quantitative estimate of drug-likeness (QED) is 0.282. The molecule has 38 heavy (non-hydrogen) atoms. The molecule has 2 aliphatic heterocycles. The molecular weight excluding hydrogens is 472 g/mol. The largest absolute Gasteiger partial charge is 0.456 e. The molecule has 6 rings (SSSR count). The summed E-state index contributed by atoms with van der Waals surface area (Å²) in [6.07, 6.45) is 0. The van der Waals surface area contributed by atoms with Gasteiger partial charge in [-0.05, 0) is 73.4 Å². The number of ether oxygens (including phenoxy) is 2. The molecule has 4 aromatic carbocycles. The van der Waals surface area contributed by atoms with Gasteiger partial charge >= 0.3 is 5.97 Å². The van der Waals surface area contributed by atoms with Crippen LogP contribution in [-0.4, -0.2) is 19.6 Å². The van der Waals surface area contributed by atoms with Gasteiger partial charge in [-0.15, -0.1) is 0 Å². The fourth-order valence-corrected chi connectivity index (χ4v) is 5.71. The zero-order chi connectivity index (χ0) is 26.6. The highest BCUT2D eigenvalue weighted by Crippen LogP contribution is 2.57. The van der Waals surface area contributed by atoms with E-state index in [9.17, 15) is 4.79 Å². The van der Waals surface area contributed by atoms with Gasteiger partial charge in [-0.1, -0.05) is 44.2 Å². The average Bonchev–Trinajstić information content (AvgIpc) is 3.17. The zero-order valence-electron chi connectivity index (χ0n) is 22.5. The number of carbonyl (C=O) groups is 1. The SMILES string of the molecule is Cc1cccc(Nc2cc3c(cc2C)Oc2cc(N(C)CC(C)C)ccc2C32OC(=O)c3ccccc32)c1. The van der Waals surface area contributed by atoms with Crippen LogP contribution in [0.25, 0.3) is 0 Å².